The van der Waals surface area contributed by atoms with E-state index in [1.165, 1.54) is 12.1 Å². The van der Waals surface area contributed by atoms with E-state index in [1.807, 2.05) is 47.2 Å². The van der Waals surface area contributed by atoms with E-state index in [-0.39, 0.29) is 24.5 Å². The Morgan fingerprint density at radius 1 is 1.14 bits per heavy atom. The summed E-state index contributed by atoms with van der Waals surface area (Å²) in [5.41, 5.74) is 2.61. The molecule has 5 nitrogen and oxygen atoms in total. The molecule has 28 heavy (non-hydrogen) atoms. The van der Waals surface area contributed by atoms with Crippen molar-refractivity contribution in [2.75, 3.05) is 13.2 Å². The van der Waals surface area contributed by atoms with Crippen LogP contribution >= 0.6 is 12.2 Å². The van der Waals surface area contributed by atoms with E-state index in [0.717, 1.165) is 17.1 Å². The van der Waals surface area contributed by atoms with E-state index < -0.39 is 0 Å². The van der Waals surface area contributed by atoms with Crippen LogP contribution in [0.1, 0.15) is 29.9 Å². The minimum Gasteiger partial charge on any atom is -0.396 e. The van der Waals surface area contributed by atoms with E-state index in [0.29, 0.717) is 18.1 Å². The average molecular weight is 396 g/mol. The molecule has 0 spiro atoms. The zero-order valence-corrected chi connectivity index (χ0v) is 16.0. The van der Waals surface area contributed by atoms with Crippen molar-refractivity contribution in [1.29, 1.82) is 0 Å². The van der Waals surface area contributed by atoms with Gasteiger partial charge in [0.25, 0.3) is 0 Å². The molecule has 0 saturated carbocycles. The van der Waals surface area contributed by atoms with Gasteiger partial charge in [-0.05, 0) is 61.1 Å². The van der Waals surface area contributed by atoms with Gasteiger partial charge in [0.1, 0.15) is 5.82 Å². The Kier molecular flexibility index (Phi) is 5.36. The fourth-order valence-corrected chi connectivity index (χ4v) is 4.04. The minimum absolute atomic E-state index is 0.0883. The van der Waals surface area contributed by atoms with Gasteiger partial charge in [-0.2, -0.15) is 0 Å². The van der Waals surface area contributed by atoms with Gasteiger partial charge >= 0.3 is 0 Å². The molecule has 4 rings (SSSR count). The number of aromatic nitrogens is 2. The normalized spacial score (nSPS) is 19.1. The first kappa shape index (κ1) is 18.6. The largest absolute Gasteiger partial charge is 0.396 e. The summed E-state index contributed by atoms with van der Waals surface area (Å²) in [7, 11) is 0. The van der Waals surface area contributed by atoms with Gasteiger partial charge < -0.3 is 19.9 Å². The molecule has 7 heteroatoms. The molecule has 1 aromatic carbocycles. The Hall–Kier alpha value is -2.77. The van der Waals surface area contributed by atoms with Crippen molar-refractivity contribution in [2.24, 2.45) is 0 Å². The van der Waals surface area contributed by atoms with Crippen LogP contribution in [0.2, 0.25) is 0 Å². The van der Waals surface area contributed by atoms with Gasteiger partial charge in [0.05, 0.1) is 17.8 Å². The first-order valence-corrected chi connectivity index (χ1v) is 9.62. The summed E-state index contributed by atoms with van der Waals surface area (Å²) in [6.07, 6.45) is 4.29. The molecule has 0 radical (unpaired) electrons. The molecule has 2 N–H and O–H groups in total. The Balaban J connectivity index is 1.79. The maximum Gasteiger partial charge on any atom is 0.170 e. The third-order valence-corrected chi connectivity index (χ3v) is 5.28. The maximum absolute atomic E-state index is 13.8. The van der Waals surface area contributed by atoms with Crippen LogP contribution in [-0.4, -0.2) is 37.8 Å². The van der Waals surface area contributed by atoms with Gasteiger partial charge in [-0.25, -0.2) is 4.39 Å². The van der Waals surface area contributed by atoms with Crippen LogP contribution in [0.25, 0.3) is 5.69 Å². The Bertz CT molecular complexity index is 962. The molecule has 0 bridgehead atoms. The summed E-state index contributed by atoms with van der Waals surface area (Å²) in [4.78, 5) is 6.60. The lowest BCUT2D eigenvalue weighted by molar-refractivity contribution is 0.244. The van der Waals surface area contributed by atoms with Gasteiger partial charge in [0.15, 0.2) is 5.11 Å². The lowest BCUT2D eigenvalue weighted by Crippen LogP contribution is -2.31. The predicted octanol–water partition coefficient (Wildman–Crippen LogP) is 3.37. The molecular formula is C21H21FN4OS. The summed E-state index contributed by atoms with van der Waals surface area (Å²) in [6, 6.07) is 16.0. The fraction of sp³-hybridized carbons (Fsp3) is 0.238. The number of nitrogens with zero attached hydrogens (tertiary/aromatic N) is 3. The second kappa shape index (κ2) is 8.08. The highest BCUT2D eigenvalue weighted by atomic mass is 32.1. The highest BCUT2D eigenvalue weighted by molar-refractivity contribution is 7.80. The number of thiocarbonyl (C=S) groups is 1. The second-order valence-electron chi connectivity index (χ2n) is 6.68. The van der Waals surface area contributed by atoms with Gasteiger partial charge in [-0.15, -0.1) is 0 Å². The monoisotopic (exact) mass is 396 g/mol. The molecule has 0 unspecified atom stereocenters. The van der Waals surface area contributed by atoms with Crippen LogP contribution in [0.5, 0.6) is 0 Å². The first-order chi connectivity index (χ1) is 13.7. The second-order valence-corrected chi connectivity index (χ2v) is 7.07. The average Bonchev–Trinajstić information content (AvgIpc) is 3.31. The van der Waals surface area contributed by atoms with Crippen molar-refractivity contribution in [3.8, 4) is 5.69 Å². The number of halogens is 1. The molecule has 3 heterocycles. The lowest BCUT2D eigenvalue weighted by atomic mass is 10.0. The molecule has 144 valence electrons. The standard InChI is InChI=1S/C21H21FN4OS/c22-15-6-3-7-16(14-15)25-11-4-9-18(25)20-19(17-8-1-2-10-23-17)24-21(28)26(20)12-5-13-27/h1-4,6-11,14,19-20,27H,5,12-13H2,(H,24,28)/t19-,20-/m1/s1. The summed E-state index contributed by atoms with van der Waals surface area (Å²) in [5, 5.41) is 13.3. The Morgan fingerprint density at radius 3 is 2.79 bits per heavy atom. The molecule has 1 fully saturated rings. The molecule has 0 aliphatic carbocycles. The van der Waals surface area contributed by atoms with Crippen LogP contribution < -0.4 is 5.32 Å². The highest BCUT2D eigenvalue weighted by Crippen LogP contribution is 2.39. The van der Waals surface area contributed by atoms with Gasteiger partial charge in [-0.3, -0.25) is 4.98 Å². The number of pyridine rings is 1. The third-order valence-electron chi connectivity index (χ3n) is 4.92. The number of hydrogen-bond donors (Lipinski definition) is 2. The van der Waals surface area contributed by atoms with Crippen molar-refractivity contribution >= 4 is 17.3 Å². The fourth-order valence-electron chi connectivity index (χ4n) is 3.71. The number of nitrogens with one attached hydrogen (secondary N) is 1. The molecule has 1 aliphatic rings. The van der Waals surface area contributed by atoms with E-state index in [1.54, 1.807) is 12.3 Å². The van der Waals surface area contributed by atoms with E-state index in [9.17, 15) is 9.50 Å². The van der Waals surface area contributed by atoms with Crippen molar-refractivity contribution in [2.45, 2.75) is 18.5 Å². The molecular weight excluding hydrogens is 375 g/mol. The highest BCUT2D eigenvalue weighted by Gasteiger charge is 2.40. The minimum atomic E-state index is -0.282. The number of aliphatic hydroxyl groups excluding tert-OH is 1. The molecule has 1 saturated heterocycles. The van der Waals surface area contributed by atoms with Gasteiger partial charge in [0.2, 0.25) is 0 Å². The number of hydrogen-bond acceptors (Lipinski definition) is 3. The van der Waals surface area contributed by atoms with Crippen LogP contribution in [-0.2, 0) is 0 Å². The summed E-state index contributed by atoms with van der Waals surface area (Å²) >= 11 is 5.60. The Morgan fingerprint density at radius 2 is 2.04 bits per heavy atom. The van der Waals surface area contributed by atoms with Crippen LogP contribution in [0.3, 0.4) is 0 Å². The summed E-state index contributed by atoms with van der Waals surface area (Å²) < 4.78 is 15.8. The van der Waals surface area contributed by atoms with Crippen molar-refractivity contribution in [1.82, 2.24) is 19.8 Å². The van der Waals surface area contributed by atoms with Crippen LogP contribution in [0.4, 0.5) is 4.39 Å². The van der Waals surface area contributed by atoms with Gasteiger partial charge in [0, 0.05) is 36.9 Å². The zero-order chi connectivity index (χ0) is 19.5. The van der Waals surface area contributed by atoms with E-state index in [4.69, 9.17) is 12.2 Å². The van der Waals surface area contributed by atoms with Crippen LogP contribution in [0, 0.1) is 5.82 Å². The first-order valence-electron chi connectivity index (χ1n) is 9.21. The molecule has 2 aromatic heterocycles. The number of rotatable bonds is 6. The predicted molar refractivity (Wildman–Crippen MR) is 110 cm³/mol. The van der Waals surface area contributed by atoms with Gasteiger partial charge in [-0.1, -0.05) is 12.1 Å². The summed E-state index contributed by atoms with van der Waals surface area (Å²) in [5.74, 6) is -0.282. The van der Waals surface area contributed by atoms with Crippen molar-refractivity contribution in [3.05, 3.63) is 84.2 Å². The smallest absolute Gasteiger partial charge is 0.170 e. The topological polar surface area (TPSA) is 53.3 Å². The van der Waals surface area contributed by atoms with Crippen LogP contribution in [0.15, 0.2) is 67.0 Å². The quantitative estimate of drug-likeness (QED) is 0.626. The molecule has 2 atom stereocenters. The van der Waals surface area contributed by atoms with E-state index in [2.05, 4.69) is 15.2 Å². The third kappa shape index (κ3) is 3.50. The SMILES string of the molecule is OCCCN1C(=S)N[C@H](c2ccccn2)[C@H]1c1cccn1-c1cccc(F)c1. The molecule has 0 amide bonds. The van der Waals surface area contributed by atoms with E-state index >= 15 is 0 Å². The lowest BCUT2D eigenvalue weighted by Gasteiger charge is -2.28. The van der Waals surface area contributed by atoms with Crippen molar-refractivity contribution in [3.63, 3.8) is 0 Å². The number of aliphatic hydroxyl groups is 1. The summed E-state index contributed by atoms with van der Waals surface area (Å²) in [6.45, 7) is 0.704. The maximum atomic E-state index is 13.8. The molecule has 3 aromatic rings. The Labute approximate surface area is 168 Å². The zero-order valence-electron chi connectivity index (χ0n) is 15.2. The number of benzene rings is 1. The molecule has 1 aliphatic heterocycles. The van der Waals surface area contributed by atoms with Crippen molar-refractivity contribution < 1.29 is 9.50 Å².